The van der Waals surface area contributed by atoms with E-state index >= 15 is 0 Å². The molecular weight excluding hydrogens is 416 g/mol. The quantitative estimate of drug-likeness (QED) is 0.555. The molecule has 0 unspecified atom stereocenters. The van der Waals surface area contributed by atoms with Crippen LogP contribution in [0.15, 0.2) is 59.5 Å². The van der Waals surface area contributed by atoms with Gasteiger partial charge in [0, 0.05) is 17.4 Å². The van der Waals surface area contributed by atoms with Crippen LogP contribution in [0.2, 0.25) is 0 Å². The summed E-state index contributed by atoms with van der Waals surface area (Å²) in [5.41, 5.74) is 2.31. The van der Waals surface area contributed by atoms with Gasteiger partial charge in [-0.15, -0.1) is 0 Å². The SMILES string of the molecule is CCc1ccc(OCC(=O)Nc2ccc(S(=O)(=O)Nc3cc(C)nc(C)n3)cc2)cc1. The average molecular weight is 441 g/mol. The molecule has 162 valence electrons. The van der Waals surface area contributed by atoms with E-state index in [1.807, 2.05) is 24.3 Å². The molecule has 0 fully saturated rings. The molecule has 0 aliphatic heterocycles. The normalized spacial score (nSPS) is 11.1. The van der Waals surface area contributed by atoms with Crippen molar-refractivity contribution in [1.29, 1.82) is 0 Å². The number of aromatic nitrogens is 2. The van der Waals surface area contributed by atoms with Gasteiger partial charge in [0.05, 0.1) is 4.90 Å². The standard InChI is InChI=1S/C22H24N4O4S/c1-4-17-5-9-19(10-6-17)30-14-22(27)25-18-7-11-20(12-8-18)31(28,29)26-21-13-15(2)23-16(3)24-21/h5-13H,4,14H2,1-3H3,(H,25,27)(H,23,24,26). The van der Waals surface area contributed by atoms with Crippen molar-refractivity contribution in [3.8, 4) is 5.75 Å². The van der Waals surface area contributed by atoms with Crippen molar-refractivity contribution in [1.82, 2.24) is 9.97 Å². The number of sulfonamides is 1. The largest absolute Gasteiger partial charge is 0.484 e. The molecule has 0 spiro atoms. The Hall–Kier alpha value is -3.46. The Labute approximate surface area is 181 Å². The molecule has 0 bridgehead atoms. The highest BCUT2D eigenvalue weighted by Gasteiger charge is 2.16. The molecule has 8 nitrogen and oxygen atoms in total. The van der Waals surface area contributed by atoms with E-state index in [1.54, 1.807) is 19.9 Å². The number of hydrogen-bond donors (Lipinski definition) is 2. The molecule has 1 aromatic heterocycles. The van der Waals surface area contributed by atoms with Gasteiger partial charge in [-0.2, -0.15) is 0 Å². The monoisotopic (exact) mass is 440 g/mol. The molecule has 0 aliphatic rings. The Morgan fingerprint density at radius 1 is 1.00 bits per heavy atom. The van der Waals surface area contributed by atoms with Crippen LogP contribution in [-0.2, 0) is 21.2 Å². The molecule has 0 aliphatic carbocycles. The summed E-state index contributed by atoms with van der Waals surface area (Å²) in [6.07, 6.45) is 0.931. The van der Waals surface area contributed by atoms with Crippen molar-refractivity contribution in [3.63, 3.8) is 0 Å². The minimum atomic E-state index is -3.82. The van der Waals surface area contributed by atoms with Crippen molar-refractivity contribution in [2.24, 2.45) is 0 Å². The first kappa shape index (κ1) is 22.2. The Bertz CT molecular complexity index is 1140. The Morgan fingerprint density at radius 3 is 2.29 bits per heavy atom. The smallest absolute Gasteiger partial charge is 0.263 e. The highest BCUT2D eigenvalue weighted by Crippen LogP contribution is 2.18. The second kappa shape index (κ2) is 9.57. The maximum atomic E-state index is 12.6. The lowest BCUT2D eigenvalue weighted by molar-refractivity contribution is -0.118. The van der Waals surface area contributed by atoms with Crippen LogP contribution in [-0.4, -0.2) is 30.9 Å². The van der Waals surface area contributed by atoms with Crippen molar-refractivity contribution in [2.45, 2.75) is 32.1 Å². The molecule has 0 atom stereocenters. The molecule has 9 heteroatoms. The van der Waals surface area contributed by atoms with Crippen molar-refractivity contribution >= 4 is 27.4 Å². The third-order valence-corrected chi connectivity index (χ3v) is 5.73. The Morgan fingerprint density at radius 2 is 1.68 bits per heavy atom. The van der Waals surface area contributed by atoms with Gasteiger partial charge in [0.2, 0.25) is 0 Å². The van der Waals surface area contributed by atoms with E-state index in [0.717, 1.165) is 6.42 Å². The molecule has 0 saturated heterocycles. The lowest BCUT2D eigenvalue weighted by atomic mass is 10.2. The predicted molar refractivity (Wildman–Crippen MR) is 119 cm³/mol. The van der Waals surface area contributed by atoms with Crippen LogP contribution in [0.1, 0.15) is 24.0 Å². The molecule has 0 saturated carbocycles. The van der Waals surface area contributed by atoms with Gasteiger partial charge in [-0.1, -0.05) is 19.1 Å². The van der Waals surface area contributed by atoms with E-state index in [2.05, 4.69) is 26.9 Å². The molecule has 2 aromatic carbocycles. The van der Waals surface area contributed by atoms with Crippen LogP contribution in [0.5, 0.6) is 5.75 Å². The number of carbonyl (C=O) groups excluding carboxylic acids is 1. The van der Waals surface area contributed by atoms with Crippen LogP contribution in [0.3, 0.4) is 0 Å². The summed E-state index contributed by atoms with van der Waals surface area (Å²) >= 11 is 0. The van der Waals surface area contributed by atoms with Crippen molar-refractivity contribution in [2.75, 3.05) is 16.6 Å². The number of amides is 1. The van der Waals surface area contributed by atoms with Gasteiger partial charge in [-0.25, -0.2) is 18.4 Å². The number of anilines is 2. The summed E-state index contributed by atoms with van der Waals surface area (Å²) in [6.45, 7) is 5.35. The zero-order chi connectivity index (χ0) is 22.4. The highest BCUT2D eigenvalue weighted by molar-refractivity contribution is 7.92. The lowest BCUT2D eigenvalue weighted by Crippen LogP contribution is -2.20. The average Bonchev–Trinajstić information content (AvgIpc) is 2.72. The third kappa shape index (κ3) is 6.26. The maximum absolute atomic E-state index is 12.6. The molecule has 1 amide bonds. The number of aryl methyl sites for hydroxylation is 3. The summed E-state index contributed by atoms with van der Waals surface area (Å²) in [4.78, 5) is 20.4. The van der Waals surface area contributed by atoms with Crippen molar-refractivity contribution in [3.05, 3.63) is 71.7 Å². The summed E-state index contributed by atoms with van der Waals surface area (Å²) in [7, 11) is -3.82. The molecule has 1 heterocycles. The minimum absolute atomic E-state index is 0.0479. The Balaban J connectivity index is 1.58. The van der Waals surface area contributed by atoms with Gasteiger partial charge in [0.15, 0.2) is 6.61 Å². The fourth-order valence-electron chi connectivity index (χ4n) is 2.85. The molecule has 3 rings (SSSR count). The fourth-order valence-corrected chi connectivity index (χ4v) is 3.84. The number of hydrogen-bond acceptors (Lipinski definition) is 6. The summed E-state index contributed by atoms with van der Waals surface area (Å²) in [5, 5.41) is 2.68. The zero-order valence-electron chi connectivity index (χ0n) is 17.5. The van der Waals surface area contributed by atoms with E-state index in [-0.39, 0.29) is 23.2 Å². The molecule has 2 N–H and O–H groups in total. The van der Waals surface area contributed by atoms with Crippen LogP contribution in [0, 0.1) is 13.8 Å². The van der Waals surface area contributed by atoms with Gasteiger partial charge in [0.1, 0.15) is 17.4 Å². The minimum Gasteiger partial charge on any atom is -0.484 e. The van der Waals surface area contributed by atoms with Gasteiger partial charge >= 0.3 is 0 Å². The van der Waals surface area contributed by atoms with E-state index in [9.17, 15) is 13.2 Å². The number of ether oxygens (including phenoxy) is 1. The third-order valence-electron chi connectivity index (χ3n) is 4.35. The summed E-state index contributed by atoms with van der Waals surface area (Å²) in [6, 6.07) is 14.9. The van der Waals surface area contributed by atoms with Gasteiger partial charge in [-0.3, -0.25) is 9.52 Å². The second-order valence-corrected chi connectivity index (χ2v) is 8.59. The number of nitrogens with one attached hydrogen (secondary N) is 2. The van der Waals surface area contributed by atoms with Crippen LogP contribution >= 0.6 is 0 Å². The second-order valence-electron chi connectivity index (χ2n) is 6.91. The number of carbonyl (C=O) groups is 1. The maximum Gasteiger partial charge on any atom is 0.263 e. The first-order valence-electron chi connectivity index (χ1n) is 9.72. The number of rotatable bonds is 8. The van der Waals surface area contributed by atoms with Gasteiger partial charge in [0.25, 0.3) is 15.9 Å². The molecule has 0 radical (unpaired) electrons. The number of benzene rings is 2. The van der Waals surface area contributed by atoms with Crippen LogP contribution < -0.4 is 14.8 Å². The summed E-state index contributed by atoms with van der Waals surface area (Å²) in [5.74, 6) is 0.932. The van der Waals surface area contributed by atoms with E-state index < -0.39 is 10.0 Å². The van der Waals surface area contributed by atoms with E-state index in [4.69, 9.17) is 4.74 Å². The predicted octanol–water partition coefficient (Wildman–Crippen LogP) is 3.47. The van der Waals surface area contributed by atoms with E-state index in [0.29, 0.717) is 23.0 Å². The first-order chi connectivity index (χ1) is 14.7. The topological polar surface area (TPSA) is 110 Å². The fraction of sp³-hybridized carbons (Fsp3) is 0.227. The van der Waals surface area contributed by atoms with Gasteiger partial charge in [-0.05, 0) is 62.2 Å². The number of nitrogens with zero attached hydrogens (tertiary/aromatic N) is 2. The lowest BCUT2D eigenvalue weighted by Gasteiger charge is -2.10. The van der Waals surface area contributed by atoms with Crippen LogP contribution in [0.4, 0.5) is 11.5 Å². The molecule has 31 heavy (non-hydrogen) atoms. The van der Waals surface area contributed by atoms with Crippen LogP contribution in [0.25, 0.3) is 0 Å². The van der Waals surface area contributed by atoms with E-state index in [1.165, 1.54) is 29.8 Å². The summed E-state index contributed by atoms with van der Waals surface area (Å²) < 4.78 is 33.1. The van der Waals surface area contributed by atoms with Crippen molar-refractivity contribution < 1.29 is 17.9 Å². The highest BCUT2D eigenvalue weighted by atomic mass is 32.2. The first-order valence-corrected chi connectivity index (χ1v) is 11.2. The molecular formula is C22H24N4O4S. The van der Waals surface area contributed by atoms with Gasteiger partial charge < -0.3 is 10.1 Å². The zero-order valence-corrected chi connectivity index (χ0v) is 18.4. The molecule has 3 aromatic rings. The Kier molecular flexibility index (Phi) is 6.86.